The molecule has 0 aliphatic heterocycles. The molecular formula is C11H10BrNO2. The molecule has 4 heteroatoms. The van der Waals surface area contributed by atoms with Gasteiger partial charge in [-0.2, -0.15) is 0 Å². The number of hydrogen-bond donors (Lipinski definition) is 0. The van der Waals surface area contributed by atoms with Crippen LogP contribution in [0.4, 0.5) is 0 Å². The van der Waals surface area contributed by atoms with Crippen molar-refractivity contribution in [3.63, 3.8) is 0 Å². The number of hydrogen-bond acceptors (Lipinski definition) is 3. The van der Waals surface area contributed by atoms with Crippen LogP contribution in [0.1, 0.15) is 5.76 Å². The van der Waals surface area contributed by atoms with Crippen molar-refractivity contribution in [3.8, 4) is 17.0 Å². The zero-order chi connectivity index (χ0) is 10.8. The first-order valence-electron chi connectivity index (χ1n) is 4.48. The van der Waals surface area contributed by atoms with Crippen LogP contribution in [-0.4, -0.2) is 12.3 Å². The van der Waals surface area contributed by atoms with Crippen molar-refractivity contribution in [3.05, 3.63) is 34.5 Å². The van der Waals surface area contributed by atoms with Gasteiger partial charge in [0.05, 0.1) is 11.6 Å². The third-order valence-electron chi connectivity index (χ3n) is 2.08. The number of nitrogens with zero attached hydrogens (tertiary/aromatic N) is 1. The highest BCUT2D eigenvalue weighted by Gasteiger charge is 2.06. The van der Waals surface area contributed by atoms with Gasteiger partial charge in [-0.25, -0.2) is 0 Å². The smallest absolute Gasteiger partial charge is 0.134 e. The van der Waals surface area contributed by atoms with Crippen LogP contribution in [0.3, 0.4) is 0 Å². The van der Waals surface area contributed by atoms with Crippen molar-refractivity contribution in [1.82, 2.24) is 5.16 Å². The van der Waals surface area contributed by atoms with Crippen LogP contribution in [0.5, 0.6) is 5.75 Å². The maximum atomic E-state index is 5.15. The molecule has 2 aromatic rings. The molecule has 0 fully saturated rings. The highest BCUT2D eigenvalue weighted by Crippen LogP contribution is 2.30. The first-order valence-corrected chi connectivity index (χ1v) is 5.27. The van der Waals surface area contributed by atoms with E-state index in [1.807, 2.05) is 31.2 Å². The van der Waals surface area contributed by atoms with E-state index in [2.05, 4.69) is 21.1 Å². The van der Waals surface area contributed by atoms with E-state index in [0.29, 0.717) is 0 Å². The lowest BCUT2D eigenvalue weighted by molar-refractivity contribution is 0.399. The highest BCUT2D eigenvalue weighted by molar-refractivity contribution is 9.10. The molecule has 0 saturated heterocycles. The number of aromatic nitrogens is 1. The van der Waals surface area contributed by atoms with E-state index < -0.39 is 0 Å². The van der Waals surface area contributed by atoms with Crippen LogP contribution in [0, 0.1) is 6.92 Å². The topological polar surface area (TPSA) is 35.3 Å². The number of halogens is 1. The fourth-order valence-corrected chi connectivity index (χ4v) is 1.87. The molecule has 1 aromatic heterocycles. The standard InChI is InChI=1S/C11H10BrNO2/c1-7-5-10(13-15-7)8-3-4-11(14-2)9(12)6-8/h3-6H,1-2H3. The second-order valence-corrected chi connectivity index (χ2v) is 4.03. The number of aryl methyl sites for hydroxylation is 1. The number of ether oxygens (including phenoxy) is 1. The summed E-state index contributed by atoms with van der Waals surface area (Å²) in [7, 11) is 1.64. The van der Waals surface area contributed by atoms with E-state index in [1.165, 1.54) is 0 Å². The molecule has 0 amide bonds. The van der Waals surface area contributed by atoms with E-state index in [1.54, 1.807) is 7.11 Å². The molecular weight excluding hydrogens is 258 g/mol. The second-order valence-electron chi connectivity index (χ2n) is 3.17. The van der Waals surface area contributed by atoms with Gasteiger partial charge in [0.2, 0.25) is 0 Å². The van der Waals surface area contributed by atoms with E-state index in [-0.39, 0.29) is 0 Å². The lowest BCUT2D eigenvalue weighted by atomic mass is 10.1. The van der Waals surface area contributed by atoms with Crippen molar-refractivity contribution < 1.29 is 9.26 Å². The third-order valence-corrected chi connectivity index (χ3v) is 2.70. The molecule has 0 aliphatic carbocycles. The zero-order valence-electron chi connectivity index (χ0n) is 8.45. The minimum Gasteiger partial charge on any atom is -0.496 e. The Hall–Kier alpha value is -1.29. The molecule has 1 heterocycles. The number of rotatable bonds is 2. The van der Waals surface area contributed by atoms with Crippen molar-refractivity contribution in [2.24, 2.45) is 0 Å². The normalized spacial score (nSPS) is 10.3. The first-order chi connectivity index (χ1) is 7.20. The summed E-state index contributed by atoms with van der Waals surface area (Å²) in [6.45, 7) is 1.87. The third kappa shape index (κ3) is 2.04. The van der Waals surface area contributed by atoms with Gasteiger partial charge in [0.1, 0.15) is 17.2 Å². The van der Waals surface area contributed by atoms with Gasteiger partial charge in [0.25, 0.3) is 0 Å². The monoisotopic (exact) mass is 267 g/mol. The van der Waals surface area contributed by atoms with Crippen molar-refractivity contribution in [2.45, 2.75) is 6.92 Å². The Labute approximate surface area is 96.2 Å². The minimum absolute atomic E-state index is 0.803. The summed E-state index contributed by atoms with van der Waals surface area (Å²) >= 11 is 3.43. The summed E-state index contributed by atoms with van der Waals surface area (Å²) in [4.78, 5) is 0. The Kier molecular flexibility index (Phi) is 2.77. The number of benzene rings is 1. The SMILES string of the molecule is COc1ccc(-c2cc(C)on2)cc1Br. The molecule has 0 aliphatic rings. The molecule has 0 bridgehead atoms. The van der Waals surface area contributed by atoms with E-state index >= 15 is 0 Å². The molecule has 78 valence electrons. The second kappa shape index (κ2) is 4.06. The maximum Gasteiger partial charge on any atom is 0.134 e. The van der Waals surface area contributed by atoms with Gasteiger partial charge in [-0.15, -0.1) is 0 Å². The van der Waals surface area contributed by atoms with Crippen molar-refractivity contribution in [2.75, 3.05) is 7.11 Å². The summed E-state index contributed by atoms with van der Waals surface area (Å²) in [6, 6.07) is 7.69. The summed E-state index contributed by atoms with van der Waals surface area (Å²) in [5, 5.41) is 3.95. The van der Waals surface area contributed by atoms with Crippen LogP contribution in [-0.2, 0) is 0 Å². The summed E-state index contributed by atoms with van der Waals surface area (Å²) in [6.07, 6.45) is 0. The van der Waals surface area contributed by atoms with Crippen LogP contribution in [0.15, 0.2) is 33.3 Å². The number of methoxy groups -OCH3 is 1. The Morgan fingerprint density at radius 1 is 1.33 bits per heavy atom. The quantitative estimate of drug-likeness (QED) is 0.837. The fraction of sp³-hybridized carbons (Fsp3) is 0.182. The summed E-state index contributed by atoms with van der Waals surface area (Å²) in [5.74, 6) is 1.61. The largest absolute Gasteiger partial charge is 0.496 e. The fourth-order valence-electron chi connectivity index (χ4n) is 1.33. The Morgan fingerprint density at radius 3 is 2.67 bits per heavy atom. The van der Waals surface area contributed by atoms with Gasteiger partial charge in [0, 0.05) is 11.6 Å². The average Bonchev–Trinajstić information content (AvgIpc) is 2.65. The predicted molar refractivity (Wildman–Crippen MR) is 60.9 cm³/mol. The Bertz CT molecular complexity index is 479. The van der Waals surface area contributed by atoms with Gasteiger partial charge in [-0.05, 0) is 41.1 Å². The lowest BCUT2D eigenvalue weighted by Gasteiger charge is -2.03. The van der Waals surface area contributed by atoms with E-state index in [0.717, 1.165) is 27.2 Å². The molecule has 3 nitrogen and oxygen atoms in total. The molecule has 0 radical (unpaired) electrons. The minimum atomic E-state index is 0.803. The van der Waals surface area contributed by atoms with Crippen LogP contribution in [0.25, 0.3) is 11.3 Å². The van der Waals surface area contributed by atoms with E-state index in [4.69, 9.17) is 9.26 Å². The Morgan fingerprint density at radius 2 is 2.13 bits per heavy atom. The molecule has 1 aromatic carbocycles. The Balaban J connectivity index is 2.42. The van der Waals surface area contributed by atoms with E-state index in [9.17, 15) is 0 Å². The molecule has 0 atom stereocenters. The molecule has 0 N–H and O–H groups in total. The van der Waals surface area contributed by atoms with Gasteiger partial charge in [0.15, 0.2) is 0 Å². The average molecular weight is 268 g/mol. The van der Waals surface area contributed by atoms with Crippen LogP contribution < -0.4 is 4.74 Å². The van der Waals surface area contributed by atoms with Crippen molar-refractivity contribution in [1.29, 1.82) is 0 Å². The van der Waals surface area contributed by atoms with Crippen molar-refractivity contribution >= 4 is 15.9 Å². The highest BCUT2D eigenvalue weighted by atomic mass is 79.9. The molecule has 0 unspecified atom stereocenters. The summed E-state index contributed by atoms with van der Waals surface area (Å²) in [5.41, 5.74) is 1.83. The molecule has 0 spiro atoms. The van der Waals surface area contributed by atoms with Gasteiger partial charge >= 0.3 is 0 Å². The predicted octanol–water partition coefficient (Wildman–Crippen LogP) is 3.42. The zero-order valence-corrected chi connectivity index (χ0v) is 10.0. The molecule has 15 heavy (non-hydrogen) atoms. The molecule has 0 saturated carbocycles. The van der Waals surface area contributed by atoms with Crippen LogP contribution in [0.2, 0.25) is 0 Å². The molecule has 2 rings (SSSR count). The first kappa shape index (κ1) is 10.2. The van der Waals surface area contributed by atoms with Gasteiger partial charge < -0.3 is 9.26 Å². The summed E-state index contributed by atoms with van der Waals surface area (Å²) < 4.78 is 11.1. The van der Waals surface area contributed by atoms with Gasteiger partial charge in [-0.1, -0.05) is 5.16 Å². The van der Waals surface area contributed by atoms with Crippen LogP contribution >= 0.6 is 15.9 Å². The van der Waals surface area contributed by atoms with Gasteiger partial charge in [-0.3, -0.25) is 0 Å². The maximum absolute atomic E-state index is 5.15. The lowest BCUT2D eigenvalue weighted by Crippen LogP contribution is -1.85.